The minimum atomic E-state index is -4.65. The van der Waals surface area contributed by atoms with Crippen molar-refractivity contribution in [2.45, 2.75) is 37.4 Å². The lowest BCUT2D eigenvalue weighted by atomic mass is 9.94. The van der Waals surface area contributed by atoms with Crippen LogP contribution in [0.15, 0.2) is 53.4 Å². The predicted molar refractivity (Wildman–Crippen MR) is 117 cm³/mol. The number of carbonyl (C=O) groups is 1. The van der Waals surface area contributed by atoms with Crippen molar-refractivity contribution in [1.29, 1.82) is 0 Å². The van der Waals surface area contributed by atoms with E-state index in [1.54, 1.807) is 0 Å². The Bertz CT molecular complexity index is 1090. The molecular weight excluding hydrogens is 457 g/mol. The third-order valence-corrected chi connectivity index (χ3v) is 7.48. The Morgan fingerprint density at radius 2 is 1.76 bits per heavy atom. The van der Waals surface area contributed by atoms with Crippen molar-refractivity contribution < 1.29 is 31.5 Å². The fraction of sp³-hybridized carbons (Fsp3) is 0.435. The fourth-order valence-electron chi connectivity index (χ4n) is 4.20. The number of halogens is 3. The van der Waals surface area contributed by atoms with Gasteiger partial charge in [0, 0.05) is 25.2 Å². The lowest BCUT2D eigenvalue weighted by molar-refractivity contribution is -0.139. The fourth-order valence-corrected chi connectivity index (χ4v) is 5.92. The number of amides is 1. The third kappa shape index (κ3) is 5.93. The minimum Gasteiger partial charge on any atom is -0.387 e. The Labute approximate surface area is 191 Å². The summed E-state index contributed by atoms with van der Waals surface area (Å²) in [5, 5.41) is 12.6. The van der Waals surface area contributed by atoms with E-state index in [1.165, 1.54) is 40.7 Å². The Morgan fingerprint density at radius 3 is 2.39 bits per heavy atom. The highest BCUT2D eigenvalue weighted by Gasteiger charge is 2.35. The van der Waals surface area contributed by atoms with Gasteiger partial charge < -0.3 is 10.4 Å². The zero-order valence-corrected chi connectivity index (χ0v) is 19.2. The van der Waals surface area contributed by atoms with Gasteiger partial charge >= 0.3 is 6.18 Å². The van der Waals surface area contributed by atoms with Gasteiger partial charge in [-0.2, -0.15) is 17.5 Å². The van der Waals surface area contributed by atoms with Gasteiger partial charge in [-0.1, -0.05) is 38.1 Å². The molecule has 1 fully saturated rings. The summed E-state index contributed by atoms with van der Waals surface area (Å²) in [5.74, 6) is -0.261. The highest BCUT2D eigenvalue weighted by atomic mass is 32.2. The normalized spacial score (nSPS) is 20.9. The topological polar surface area (TPSA) is 86.7 Å². The average Bonchev–Trinajstić information content (AvgIpc) is 2.76. The zero-order valence-electron chi connectivity index (χ0n) is 18.3. The van der Waals surface area contributed by atoms with Crippen LogP contribution >= 0.6 is 0 Å². The second kappa shape index (κ2) is 9.82. The van der Waals surface area contributed by atoms with Crippen LogP contribution in [0.2, 0.25) is 0 Å². The third-order valence-electron chi connectivity index (χ3n) is 5.65. The van der Waals surface area contributed by atoms with Gasteiger partial charge in [0.1, 0.15) is 0 Å². The van der Waals surface area contributed by atoms with E-state index < -0.39 is 40.3 Å². The number of benzene rings is 2. The van der Waals surface area contributed by atoms with Gasteiger partial charge in [0.15, 0.2) is 0 Å². The van der Waals surface area contributed by atoms with Gasteiger partial charge in [0.05, 0.1) is 16.6 Å². The molecular formula is C23H27F3N2O4S. The van der Waals surface area contributed by atoms with Gasteiger partial charge in [-0.25, -0.2) is 8.42 Å². The van der Waals surface area contributed by atoms with Crippen LogP contribution in [0, 0.1) is 11.8 Å². The maximum absolute atomic E-state index is 13.2. The van der Waals surface area contributed by atoms with Crippen LogP contribution in [-0.2, 0) is 16.2 Å². The van der Waals surface area contributed by atoms with Crippen LogP contribution in [0.1, 0.15) is 47.9 Å². The van der Waals surface area contributed by atoms with Crippen LogP contribution in [0.3, 0.4) is 0 Å². The minimum absolute atomic E-state index is 0.0283. The molecule has 1 saturated heterocycles. The first-order valence-electron chi connectivity index (χ1n) is 10.6. The first-order chi connectivity index (χ1) is 15.4. The van der Waals surface area contributed by atoms with E-state index in [0.717, 1.165) is 18.6 Å². The van der Waals surface area contributed by atoms with Crippen molar-refractivity contribution in [3.63, 3.8) is 0 Å². The molecule has 2 aromatic rings. The summed E-state index contributed by atoms with van der Waals surface area (Å²) < 4.78 is 67.1. The second-order valence-electron chi connectivity index (χ2n) is 8.61. The number of aliphatic hydroxyl groups excluding tert-OH is 1. The number of rotatable bonds is 6. The van der Waals surface area contributed by atoms with Crippen LogP contribution < -0.4 is 5.32 Å². The van der Waals surface area contributed by atoms with Gasteiger partial charge in [0.2, 0.25) is 10.0 Å². The van der Waals surface area contributed by atoms with Crippen molar-refractivity contribution in [1.82, 2.24) is 9.62 Å². The van der Waals surface area contributed by atoms with Crippen molar-refractivity contribution in [2.24, 2.45) is 11.8 Å². The number of aliphatic hydroxyl groups is 1. The second-order valence-corrected chi connectivity index (χ2v) is 10.5. The van der Waals surface area contributed by atoms with Gasteiger partial charge in [-0.15, -0.1) is 0 Å². The Hall–Kier alpha value is -2.43. The number of piperidine rings is 1. The number of hydrogen-bond donors (Lipinski definition) is 2. The molecule has 180 valence electrons. The van der Waals surface area contributed by atoms with E-state index in [1.807, 2.05) is 13.8 Å². The molecule has 0 saturated carbocycles. The summed E-state index contributed by atoms with van der Waals surface area (Å²) >= 11 is 0. The van der Waals surface area contributed by atoms with Crippen LogP contribution in [0.25, 0.3) is 0 Å². The van der Waals surface area contributed by atoms with Crippen molar-refractivity contribution in [3.8, 4) is 0 Å². The highest BCUT2D eigenvalue weighted by molar-refractivity contribution is 7.89. The van der Waals surface area contributed by atoms with Gasteiger partial charge in [-0.05, 0) is 48.1 Å². The Morgan fingerprint density at radius 1 is 1.12 bits per heavy atom. The summed E-state index contributed by atoms with van der Waals surface area (Å²) in [4.78, 5) is 12.5. The molecule has 1 amide bonds. The number of sulfonamides is 1. The smallest absolute Gasteiger partial charge is 0.387 e. The van der Waals surface area contributed by atoms with E-state index in [0.29, 0.717) is 13.1 Å². The molecule has 3 atom stereocenters. The molecule has 1 aliphatic heterocycles. The van der Waals surface area contributed by atoms with E-state index >= 15 is 0 Å². The van der Waals surface area contributed by atoms with Crippen LogP contribution in [-0.4, -0.2) is 43.4 Å². The maximum Gasteiger partial charge on any atom is 0.416 e. The zero-order chi connectivity index (χ0) is 24.4. The molecule has 0 bridgehead atoms. The lowest BCUT2D eigenvalue weighted by Gasteiger charge is -2.34. The molecule has 3 unspecified atom stereocenters. The molecule has 1 heterocycles. The van der Waals surface area contributed by atoms with Gasteiger partial charge in [0.25, 0.3) is 5.91 Å². The standard InChI is InChI=1S/C23H27F3N2O4S/c1-15-10-16(2)14-28(13-15)33(31,32)18-7-5-6-17(11-18)22(30)27-12-21(29)19-8-3-4-9-20(19)23(24,25)26/h3-9,11,15-16,21,29H,10,12-14H2,1-2H3,(H,27,30). The van der Waals surface area contributed by atoms with E-state index in [2.05, 4.69) is 5.32 Å². The summed E-state index contributed by atoms with van der Waals surface area (Å²) in [6.45, 7) is 4.31. The molecule has 10 heteroatoms. The summed E-state index contributed by atoms with van der Waals surface area (Å²) in [5.41, 5.74) is -1.30. The van der Waals surface area contributed by atoms with E-state index in [4.69, 9.17) is 0 Å². The SMILES string of the molecule is CC1CC(C)CN(S(=O)(=O)c2cccc(C(=O)NCC(O)c3ccccc3C(F)(F)F)c2)C1. The Balaban J connectivity index is 1.73. The largest absolute Gasteiger partial charge is 0.416 e. The molecule has 33 heavy (non-hydrogen) atoms. The molecule has 6 nitrogen and oxygen atoms in total. The number of nitrogens with zero attached hydrogens (tertiary/aromatic N) is 1. The number of alkyl halides is 3. The summed E-state index contributed by atoms with van der Waals surface area (Å²) in [7, 11) is -3.80. The molecule has 0 aromatic heterocycles. The van der Waals surface area contributed by atoms with Crippen molar-refractivity contribution in [2.75, 3.05) is 19.6 Å². The molecule has 2 aromatic carbocycles. The lowest BCUT2D eigenvalue weighted by Crippen LogP contribution is -2.42. The molecule has 0 radical (unpaired) electrons. The molecule has 2 N–H and O–H groups in total. The quantitative estimate of drug-likeness (QED) is 0.653. The Kier molecular flexibility index (Phi) is 7.50. The summed E-state index contributed by atoms with van der Waals surface area (Å²) in [6, 6.07) is 10.1. The van der Waals surface area contributed by atoms with Crippen LogP contribution in [0.4, 0.5) is 13.2 Å². The van der Waals surface area contributed by atoms with Gasteiger partial charge in [-0.3, -0.25) is 4.79 Å². The first kappa shape index (κ1) is 25.2. The molecule has 0 aliphatic carbocycles. The average molecular weight is 485 g/mol. The van der Waals surface area contributed by atoms with E-state index in [9.17, 15) is 31.5 Å². The molecule has 1 aliphatic rings. The number of carbonyl (C=O) groups excluding carboxylic acids is 1. The van der Waals surface area contributed by atoms with Crippen molar-refractivity contribution in [3.05, 3.63) is 65.2 Å². The number of nitrogens with one attached hydrogen (secondary N) is 1. The maximum atomic E-state index is 13.2. The summed E-state index contributed by atoms with van der Waals surface area (Å²) in [6.07, 6.45) is -5.29. The predicted octanol–water partition coefficient (Wildman–Crippen LogP) is 3.84. The molecule has 3 rings (SSSR count). The van der Waals surface area contributed by atoms with Crippen molar-refractivity contribution >= 4 is 15.9 Å². The van der Waals surface area contributed by atoms with E-state index in [-0.39, 0.29) is 27.9 Å². The number of hydrogen-bond acceptors (Lipinski definition) is 4. The van der Waals surface area contributed by atoms with Crippen LogP contribution in [0.5, 0.6) is 0 Å². The highest BCUT2D eigenvalue weighted by Crippen LogP contribution is 2.34. The first-order valence-corrected chi connectivity index (χ1v) is 12.1. The molecule has 0 spiro atoms. The monoisotopic (exact) mass is 484 g/mol.